The largest absolute Gasteiger partial charge is 0.509 e. The van der Waals surface area contributed by atoms with Crippen molar-refractivity contribution in [3.8, 4) is 0 Å². The number of carbonyl (C=O) groups excluding carboxylic acids is 4. The number of allylic oxidation sites excluding steroid dienone is 2. The Bertz CT molecular complexity index is 2240. The number of benzene rings is 1. The van der Waals surface area contributed by atoms with Crippen LogP contribution in [0.15, 0.2) is 66.3 Å². The minimum absolute atomic E-state index is 0.00476. The molecule has 0 aromatic heterocycles. The predicted molar refractivity (Wildman–Crippen MR) is 294 cm³/mol. The Morgan fingerprint density at radius 2 is 1.55 bits per heavy atom. The number of hydrogen-bond acceptors (Lipinski definition) is 15. The van der Waals surface area contributed by atoms with Gasteiger partial charge < -0.3 is 52.5 Å². The fourth-order valence-corrected chi connectivity index (χ4v) is 14.4. The van der Waals surface area contributed by atoms with E-state index >= 15 is 0 Å². The number of esters is 3. The highest BCUT2D eigenvalue weighted by Gasteiger charge is 2.80. The van der Waals surface area contributed by atoms with E-state index in [9.17, 15) is 24.3 Å². The van der Waals surface area contributed by atoms with Gasteiger partial charge in [-0.05, 0) is 101 Å². The second kappa shape index (κ2) is 27.1. The molecule has 1 N–H and O–H groups in total. The van der Waals surface area contributed by atoms with Crippen LogP contribution in [0.2, 0.25) is 0 Å². The number of unbranched alkanes of at least 4 members (excludes halogenated alkanes) is 11. The van der Waals surface area contributed by atoms with Crippen molar-refractivity contribution in [3.63, 3.8) is 0 Å². The van der Waals surface area contributed by atoms with E-state index in [1.807, 2.05) is 41.5 Å². The molecule has 3 aliphatic heterocycles. The summed E-state index contributed by atoms with van der Waals surface area (Å²) >= 11 is 0. The van der Waals surface area contributed by atoms with Crippen molar-refractivity contribution in [1.29, 1.82) is 0 Å². The highest BCUT2D eigenvalue weighted by Crippen LogP contribution is 2.70. The molecule has 3 aliphatic carbocycles. The lowest BCUT2D eigenvalue weighted by Crippen LogP contribution is -2.80. The molecule has 0 bridgehead atoms. The first-order chi connectivity index (χ1) is 37.2. The quantitative estimate of drug-likeness (QED) is 0.0362. The summed E-state index contributed by atoms with van der Waals surface area (Å²) in [4.78, 5) is 56.5. The molecule has 78 heavy (non-hydrogen) atoms. The van der Waals surface area contributed by atoms with Gasteiger partial charge in [0.25, 0.3) is 0 Å². The second-order valence-electron chi connectivity index (χ2n) is 24.6. The number of aliphatic hydroxyl groups is 1. The third-order valence-electron chi connectivity index (χ3n) is 18.0. The molecule has 15 nitrogen and oxygen atoms in total. The van der Waals surface area contributed by atoms with Crippen molar-refractivity contribution in [2.24, 2.45) is 34.5 Å². The van der Waals surface area contributed by atoms with Gasteiger partial charge >= 0.3 is 24.1 Å². The predicted octanol–water partition coefficient (Wildman–Crippen LogP) is 12.3. The first kappa shape index (κ1) is 61.5. The molecule has 3 saturated heterocycles. The van der Waals surface area contributed by atoms with Crippen LogP contribution in [-0.2, 0) is 57.0 Å². The van der Waals surface area contributed by atoms with E-state index in [2.05, 4.69) is 25.7 Å². The molecule has 436 valence electrons. The highest BCUT2D eigenvalue weighted by molar-refractivity contribution is 5.89. The summed E-state index contributed by atoms with van der Waals surface area (Å²) in [5.74, 6) is -3.77. The summed E-state index contributed by atoms with van der Waals surface area (Å²) in [6, 6.07) is 8.58. The first-order valence-corrected chi connectivity index (χ1v) is 29.6. The highest BCUT2D eigenvalue weighted by atomic mass is 16.8. The first-order valence-electron chi connectivity index (χ1n) is 29.6. The average Bonchev–Trinajstić information content (AvgIpc) is 3.50. The minimum Gasteiger partial charge on any atom is -0.457 e. The molecule has 0 spiro atoms. The molecule has 15 atom stereocenters. The molecule has 1 aromatic carbocycles. The normalized spacial score (nSPS) is 33.0. The Labute approximate surface area is 465 Å². The molecule has 3 heterocycles. The molecule has 6 aliphatic rings. The smallest absolute Gasteiger partial charge is 0.457 e. The molecule has 0 radical (unpaired) electrons. The fourth-order valence-electron chi connectivity index (χ4n) is 14.4. The molecule has 2 unspecified atom stereocenters. The van der Waals surface area contributed by atoms with Gasteiger partial charge in [0, 0.05) is 37.0 Å². The van der Waals surface area contributed by atoms with E-state index in [1.54, 1.807) is 50.3 Å². The van der Waals surface area contributed by atoms with Crippen LogP contribution in [0, 0.1) is 34.5 Å². The van der Waals surface area contributed by atoms with E-state index in [0.717, 1.165) is 38.5 Å². The zero-order chi connectivity index (χ0) is 56.4. The van der Waals surface area contributed by atoms with Crippen LogP contribution in [-0.4, -0.2) is 116 Å². The molecule has 1 aromatic rings. The summed E-state index contributed by atoms with van der Waals surface area (Å²) in [5, 5.41) is 13.0. The van der Waals surface area contributed by atoms with Gasteiger partial charge in [-0.3, -0.25) is 4.79 Å². The monoisotopic (exact) mass is 1090 g/mol. The van der Waals surface area contributed by atoms with Gasteiger partial charge in [0.05, 0.1) is 47.9 Å². The molecular weight excluding hydrogens is 997 g/mol. The Morgan fingerprint density at radius 1 is 0.885 bits per heavy atom. The maximum Gasteiger partial charge on any atom is 0.509 e. The van der Waals surface area contributed by atoms with Crippen LogP contribution in [0.4, 0.5) is 4.79 Å². The number of carbonyl (C=O) groups is 4. The van der Waals surface area contributed by atoms with Crippen LogP contribution in [0.25, 0.3) is 0 Å². The second-order valence-corrected chi connectivity index (χ2v) is 24.6. The zero-order valence-electron chi connectivity index (χ0n) is 48.6. The minimum atomic E-state index is -1.70. The summed E-state index contributed by atoms with van der Waals surface area (Å²) < 4.78 is 63.3. The molecule has 7 rings (SSSR count). The topological polar surface area (TPSA) is 181 Å². The Balaban J connectivity index is 1.05. The van der Waals surface area contributed by atoms with Gasteiger partial charge in [0.15, 0.2) is 18.2 Å². The van der Waals surface area contributed by atoms with Gasteiger partial charge in [-0.2, -0.15) is 0 Å². The summed E-state index contributed by atoms with van der Waals surface area (Å²) in [5.41, 5.74) is -4.00. The van der Waals surface area contributed by atoms with Crippen molar-refractivity contribution in [2.45, 2.75) is 245 Å². The molecule has 2 saturated carbocycles. The summed E-state index contributed by atoms with van der Waals surface area (Å²) in [7, 11) is 0. The van der Waals surface area contributed by atoms with Crippen molar-refractivity contribution < 1.29 is 71.7 Å². The SMILES string of the molecule is C=C[C@H]1O[C@H]2C[C@H]3OC[C@@]3(OC(C)=O)[C@H]3[C@H](OC(=O)c4ccccc4)[C@]4(C(C)(C)O)C[C@H](OC(=O)[C@H](OC(=O)OCC5COC(CCCCCC/C=C\CCCCCCCCC)O5)[C@@H](C)CC(C)C)C(C)=C4[C@H](C)[C@H](O1)[C@]23C. The third kappa shape index (κ3) is 13.4. The molecule has 15 heteroatoms. The summed E-state index contributed by atoms with van der Waals surface area (Å²) in [6.07, 6.45) is 15.5. The van der Waals surface area contributed by atoms with E-state index < -0.39 is 113 Å². The van der Waals surface area contributed by atoms with Crippen molar-refractivity contribution in [1.82, 2.24) is 0 Å². The number of hydrogen-bond donors (Lipinski definition) is 1. The molecular formula is C63H94O15. The van der Waals surface area contributed by atoms with E-state index in [0.29, 0.717) is 24.0 Å². The number of rotatable bonds is 28. The third-order valence-corrected chi connectivity index (χ3v) is 18.0. The van der Waals surface area contributed by atoms with Gasteiger partial charge in [-0.15, -0.1) is 0 Å². The standard InChI is InChI=1S/C63H94O15/c1-12-14-15-16-17-18-19-20-21-22-23-24-25-26-30-33-51-69-37-46(72-51)38-70-59(67)76-53(41(5)34-40(3)4)58(66)73-47-36-62(60(9,10)68)52(42(47)6)43(7)55-61(11)48(74-50(13-2)75-55)35-49-63(39-71-49,78-44(8)64)54(61)56(62)77-57(65)45-31-28-27-29-32-45/h13,21-22,27-29,31-32,40-41,43,46-51,53-56,68H,2,12,14-20,23-26,30,33-39H2,1,3-11H3/b22-21-/t41-,43-,46?,47-,48-,49+,50-,51?,53+,54-,55-,56-,61+,62-,63-/m0/s1. The lowest BCUT2D eigenvalue weighted by Gasteiger charge is -2.67. The fraction of sp³-hybridized carbons (Fsp3) is 0.746. The maximum atomic E-state index is 14.9. The number of ether oxygens (including phenoxy) is 10. The van der Waals surface area contributed by atoms with Crippen LogP contribution in [0.5, 0.6) is 0 Å². The van der Waals surface area contributed by atoms with E-state index in [4.69, 9.17) is 47.4 Å². The lowest BCUT2D eigenvalue weighted by molar-refractivity contribution is -0.391. The molecule has 5 fully saturated rings. The Kier molecular flexibility index (Phi) is 21.4. The van der Waals surface area contributed by atoms with E-state index in [-0.39, 0.29) is 44.0 Å². The van der Waals surface area contributed by atoms with Crippen LogP contribution in [0.1, 0.15) is 189 Å². The maximum absolute atomic E-state index is 14.9. The number of fused-ring (bicyclic) bond motifs is 3. The van der Waals surface area contributed by atoms with Gasteiger partial charge in [0.1, 0.15) is 31.0 Å². The van der Waals surface area contributed by atoms with Crippen molar-refractivity contribution in [2.75, 3.05) is 19.8 Å². The van der Waals surface area contributed by atoms with Gasteiger partial charge in [-0.25, -0.2) is 14.4 Å². The zero-order valence-corrected chi connectivity index (χ0v) is 48.6. The van der Waals surface area contributed by atoms with Crippen molar-refractivity contribution in [3.05, 3.63) is 71.8 Å². The van der Waals surface area contributed by atoms with Gasteiger partial charge in [-0.1, -0.05) is 130 Å². The van der Waals surface area contributed by atoms with E-state index in [1.165, 1.54) is 58.3 Å². The van der Waals surface area contributed by atoms with Crippen LogP contribution < -0.4 is 0 Å². The Hall–Kier alpha value is -4.12. The van der Waals surface area contributed by atoms with Crippen LogP contribution >= 0.6 is 0 Å². The average molecular weight is 1090 g/mol. The Morgan fingerprint density at radius 3 is 2.17 bits per heavy atom. The lowest BCUT2D eigenvalue weighted by atomic mass is 9.49. The van der Waals surface area contributed by atoms with Gasteiger partial charge in [0.2, 0.25) is 6.10 Å². The van der Waals surface area contributed by atoms with Crippen molar-refractivity contribution >= 4 is 24.1 Å². The van der Waals surface area contributed by atoms with Crippen LogP contribution in [0.3, 0.4) is 0 Å². The summed E-state index contributed by atoms with van der Waals surface area (Å²) in [6.45, 7) is 22.9. The molecule has 0 amide bonds.